The van der Waals surface area contributed by atoms with E-state index in [0.717, 1.165) is 18.9 Å². The summed E-state index contributed by atoms with van der Waals surface area (Å²) in [5.74, 6) is -1.24. The third-order valence-corrected chi connectivity index (χ3v) is 3.62. The van der Waals surface area contributed by atoms with Crippen molar-refractivity contribution in [1.82, 2.24) is 15.5 Å². The molecule has 24 heavy (non-hydrogen) atoms. The molecule has 0 radical (unpaired) electrons. The maximum absolute atomic E-state index is 11.9. The minimum atomic E-state index is -0.604. The third kappa shape index (κ3) is 4.77. The van der Waals surface area contributed by atoms with Crippen LogP contribution in [-0.4, -0.2) is 53.7 Å². The van der Waals surface area contributed by atoms with Gasteiger partial charge in [-0.2, -0.15) is 0 Å². The molecule has 3 amide bonds. The Morgan fingerprint density at radius 2 is 1.83 bits per heavy atom. The van der Waals surface area contributed by atoms with Crippen molar-refractivity contribution in [3.63, 3.8) is 0 Å². The number of hydrogen-bond donors (Lipinski definition) is 2. The predicted octanol–water partition coefficient (Wildman–Crippen LogP) is 0.0632. The second-order valence-corrected chi connectivity index (χ2v) is 5.35. The van der Waals surface area contributed by atoms with Gasteiger partial charge >= 0.3 is 0 Å². The lowest BCUT2D eigenvalue weighted by Crippen LogP contribution is -2.42. The molecule has 2 N–H and O–H groups in total. The number of benzene rings is 1. The Morgan fingerprint density at radius 3 is 2.50 bits per heavy atom. The highest BCUT2D eigenvalue weighted by molar-refractivity contribution is 5.97. The summed E-state index contributed by atoms with van der Waals surface area (Å²) in [5, 5.41) is 15.5. The summed E-state index contributed by atoms with van der Waals surface area (Å²) >= 11 is 0. The van der Waals surface area contributed by atoms with E-state index in [-0.39, 0.29) is 30.2 Å². The predicted molar refractivity (Wildman–Crippen MR) is 84.3 cm³/mol. The van der Waals surface area contributed by atoms with Crippen LogP contribution >= 0.6 is 0 Å². The molecule has 9 heteroatoms. The number of nitro benzene ring substituents is 1. The van der Waals surface area contributed by atoms with Gasteiger partial charge in [0.05, 0.1) is 18.0 Å². The van der Waals surface area contributed by atoms with Crippen LogP contribution in [0.2, 0.25) is 0 Å². The Bertz CT molecular complexity index is 655. The van der Waals surface area contributed by atoms with Crippen molar-refractivity contribution in [2.45, 2.75) is 12.8 Å². The highest BCUT2D eigenvalue weighted by Gasteiger charge is 2.18. The van der Waals surface area contributed by atoms with E-state index in [1.807, 2.05) is 0 Å². The van der Waals surface area contributed by atoms with Crippen molar-refractivity contribution >= 4 is 23.4 Å². The van der Waals surface area contributed by atoms with Gasteiger partial charge < -0.3 is 15.5 Å². The van der Waals surface area contributed by atoms with Gasteiger partial charge in [0.25, 0.3) is 11.6 Å². The minimum absolute atomic E-state index is 0.0881. The molecule has 1 fully saturated rings. The lowest BCUT2D eigenvalue weighted by atomic mass is 10.2. The first-order valence-electron chi connectivity index (χ1n) is 7.54. The molecule has 0 aliphatic carbocycles. The number of non-ortho nitro benzene ring substituents is 1. The standard InChI is InChI=1S/C15H18N4O5/c20-13(16-10-14(21)18-6-1-2-7-18)9-17-15(22)11-4-3-5-12(8-11)19(23)24/h3-5,8H,1-2,6-7,9-10H2,(H,16,20)(H,17,22). The minimum Gasteiger partial charge on any atom is -0.345 e. The quantitative estimate of drug-likeness (QED) is 0.563. The van der Waals surface area contributed by atoms with Crippen LogP contribution in [0.1, 0.15) is 23.2 Å². The first-order valence-corrected chi connectivity index (χ1v) is 7.54. The summed E-state index contributed by atoms with van der Waals surface area (Å²) in [6.07, 6.45) is 1.94. The van der Waals surface area contributed by atoms with E-state index in [1.165, 1.54) is 18.2 Å². The highest BCUT2D eigenvalue weighted by Crippen LogP contribution is 2.12. The molecule has 1 heterocycles. The van der Waals surface area contributed by atoms with Crippen molar-refractivity contribution in [3.8, 4) is 0 Å². The summed E-state index contributed by atoms with van der Waals surface area (Å²) in [7, 11) is 0. The van der Waals surface area contributed by atoms with E-state index in [1.54, 1.807) is 4.90 Å². The SMILES string of the molecule is O=C(CNC(=O)c1cccc([N+](=O)[O-])c1)NCC(=O)N1CCCC1. The fourth-order valence-corrected chi connectivity index (χ4v) is 2.34. The van der Waals surface area contributed by atoms with Crippen molar-refractivity contribution < 1.29 is 19.3 Å². The highest BCUT2D eigenvalue weighted by atomic mass is 16.6. The van der Waals surface area contributed by atoms with Gasteiger partial charge in [-0.1, -0.05) is 6.07 Å². The second-order valence-electron chi connectivity index (χ2n) is 5.35. The van der Waals surface area contributed by atoms with Gasteiger partial charge in [0.2, 0.25) is 11.8 Å². The van der Waals surface area contributed by atoms with E-state index < -0.39 is 16.7 Å². The van der Waals surface area contributed by atoms with E-state index in [2.05, 4.69) is 10.6 Å². The number of carbonyl (C=O) groups excluding carboxylic acids is 3. The number of nitrogens with one attached hydrogen (secondary N) is 2. The van der Waals surface area contributed by atoms with Crippen LogP contribution in [0.25, 0.3) is 0 Å². The Kier molecular flexibility index (Phi) is 5.83. The molecular weight excluding hydrogens is 316 g/mol. The Morgan fingerprint density at radius 1 is 1.12 bits per heavy atom. The van der Waals surface area contributed by atoms with Gasteiger partial charge in [-0.25, -0.2) is 0 Å². The first kappa shape index (κ1) is 17.4. The number of nitro groups is 1. The fourth-order valence-electron chi connectivity index (χ4n) is 2.34. The fraction of sp³-hybridized carbons (Fsp3) is 0.400. The zero-order valence-corrected chi connectivity index (χ0v) is 13.0. The Balaban J connectivity index is 1.76. The van der Waals surface area contributed by atoms with Gasteiger partial charge in [0.15, 0.2) is 0 Å². The zero-order valence-electron chi connectivity index (χ0n) is 13.0. The van der Waals surface area contributed by atoms with Crippen molar-refractivity contribution in [2.75, 3.05) is 26.2 Å². The summed E-state index contributed by atoms with van der Waals surface area (Å²) in [6, 6.07) is 5.20. The van der Waals surface area contributed by atoms with Crippen LogP contribution in [0.15, 0.2) is 24.3 Å². The molecule has 0 aromatic heterocycles. The molecule has 0 spiro atoms. The molecule has 1 aromatic rings. The summed E-state index contributed by atoms with van der Waals surface area (Å²) < 4.78 is 0. The molecular formula is C15H18N4O5. The molecule has 1 aliphatic rings. The first-order chi connectivity index (χ1) is 11.5. The van der Waals surface area contributed by atoms with E-state index >= 15 is 0 Å². The molecule has 1 aliphatic heterocycles. The number of hydrogen-bond acceptors (Lipinski definition) is 5. The lowest BCUT2D eigenvalue weighted by Gasteiger charge is -2.15. The molecule has 2 rings (SSSR count). The second kappa shape index (κ2) is 8.04. The van der Waals surface area contributed by atoms with Crippen LogP contribution in [0, 0.1) is 10.1 Å². The molecule has 1 aromatic carbocycles. The maximum Gasteiger partial charge on any atom is 0.270 e. The van der Waals surface area contributed by atoms with Crippen LogP contribution in [0.4, 0.5) is 5.69 Å². The van der Waals surface area contributed by atoms with Crippen molar-refractivity contribution in [1.29, 1.82) is 0 Å². The number of amides is 3. The number of rotatable bonds is 6. The van der Waals surface area contributed by atoms with Crippen LogP contribution in [0.5, 0.6) is 0 Å². The Hall–Kier alpha value is -2.97. The monoisotopic (exact) mass is 334 g/mol. The van der Waals surface area contributed by atoms with Crippen molar-refractivity contribution in [2.24, 2.45) is 0 Å². The maximum atomic E-state index is 11.9. The van der Waals surface area contributed by atoms with Crippen LogP contribution in [-0.2, 0) is 9.59 Å². The van der Waals surface area contributed by atoms with E-state index in [4.69, 9.17) is 0 Å². The van der Waals surface area contributed by atoms with Gasteiger partial charge in [-0.15, -0.1) is 0 Å². The third-order valence-electron chi connectivity index (χ3n) is 3.62. The van der Waals surface area contributed by atoms with Crippen molar-refractivity contribution in [3.05, 3.63) is 39.9 Å². The average molecular weight is 334 g/mol. The van der Waals surface area contributed by atoms with Gasteiger partial charge in [-0.05, 0) is 18.9 Å². The normalized spacial score (nSPS) is 13.4. The largest absolute Gasteiger partial charge is 0.345 e. The van der Waals surface area contributed by atoms with Gasteiger partial charge in [-0.3, -0.25) is 24.5 Å². The molecule has 0 unspecified atom stereocenters. The molecule has 9 nitrogen and oxygen atoms in total. The summed E-state index contributed by atoms with van der Waals surface area (Å²) in [6.45, 7) is 0.997. The summed E-state index contributed by atoms with van der Waals surface area (Å²) in [4.78, 5) is 47.1. The Labute approximate surface area is 138 Å². The zero-order chi connectivity index (χ0) is 17.5. The summed E-state index contributed by atoms with van der Waals surface area (Å²) in [5.41, 5.74) is -0.117. The van der Waals surface area contributed by atoms with Gasteiger partial charge in [0, 0.05) is 30.8 Å². The topological polar surface area (TPSA) is 122 Å². The molecule has 0 bridgehead atoms. The number of likely N-dealkylation sites (tertiary alicyclic amines) is 1. The van der Waals surface area contributed by atoms with E-state index in [0.29, 0.717) is 13.1 Å². The average Bonchev–Trinajstić information content (AvgIpc) is 3.12. The molecule has 128 valence electrons. The van der Waals surface area contributed by atoms with Crippen LogP contribution < -0.4 is 10.6 Å². The van der Waals surface area contributed by atoms with Gasteiger partial charge in [0.1, 0.15) is 0 Å². The van der Waals surface area contributed by atoms with Crippen LogP contribution in [0.3, 0.4) is 0 Å². The number of nitrogens with zero attached hydrogens (tertiary/aromatic N) is 2. The molecule has 0 saturated carbocycles. The lowest BCUT2D eigenvalue weighted by molar-refractivity contribution is -0.384. The molecule has 1 saturated heterocycles. The molecule has 0 atom stereocenters. The number of carbonyl (C=O) groups is 3. The smallest absolute Gasteiger partial charge is 0.270 e. The van der Waals surface area contributed by atoms with E-state index in [9.17, 15) is 24.5 Å².